The molecule has 0 atom stereocenters. The normalized spacial score (nSPS) is 14.5. The molecule has 0 radical (unpaired) electrons. The van der Waals surface area contributed by atoms with E-state index < -0.39 is 0 Å². The molecule has 0 aliphatic heterocycles. The molecular weight excluding hydrogens is 250 g/mol. The van der Waals surface area contributed by atoms with E-state index in [0.29, 0.717) is 18.3 Å². The topological polar surface area (TPSA) is 46.9 Å². The number of rotatable bonds is 4. The van der Waals surface area contributed by atoms with Crippen molar-refractivity contribution in [2.24, 2.45) is 0 Å². The summed E-state index contributed by atoms with van der Waals surface area (Å²) in [6, 6.07) is 10.4. The maximum absolute atomic E-state index is 12.0. The van der Waals surface area contributed by atoms with Gasteiger partial charge in [-0.05, 0) is 38.8 Å². The summed E-state index contributed by atoms with van der Waals surface area (Å²) in [6.07, 6.45) is 2.41. The number of hydrogen-bond donors (Lipinski definition) is 1. The van der Waals surface area contributed by atoms with Gasteiger partial charge in [-0.3, -0.25) is 4.79 Å². The van der Waals surface area contributed by atoms with Crippen molar-refractivity contribution in [2.75, 3.05) is 0 Å². The molecule has 4 nitrogen and oxygen atoms in total. The second kappa shape index (κ2) is 5.21. The number of aryl methyl sites for hydroxylation is 2. The van der Waals surface area contributed by atoms with Gasteiger partial charge in [-0.25, -0.2) is 4.68 Å². The molecule has 0 amide bonds. The molecule has 1 aliphatic carbocycles. The monoisotopic (exact) mass is 269 g/mol. The van der Waals surface area contributed by atoms with Crippen molar-refractivity contribution in [1.29, 1.82) is 0 Å². The van der Waals surface area contributed by atoms with E-state index in [-0.39, 0.29) is 5.43 Å². The van der Waals surface area contributed by atoms with Gasteiger partial charge in [0.15, 0.2) is 0 Å². The summed E-state index contributed by atoms with van der Waals surface area (Å²) >= 11 is 0. The number of benzene rings is 1. The molecule has 1 aromatic heterocycles. The quantitative estimate of drug-likeness (QED) is 0.924. The van der Waals surface area contributed by atoms with E-state index in [9.17, 15) is 4.79 Å². The molecule has 20 heavy (non-hydrogen) atoms. The molecule has 0 unspecified atom stereocenters. The summed E-state index contributed by atoms with van der Waals surface area (Å²) in [5.74, 6) is 0. The minimum Gasteiger partial charge on any atom is -0.308 e. The molecule has 0 saturated heterocycles. The predicted octanol–water partition coefficient (Wildman–Crippen LogP) is 2.10. The van der Waals surface area contributed by atoms with Crippen LogP contribution in [0.25, 0.3) is 5.69 Å². The van der Waals surface area contributed by atoms with Crippen molar-refractivity contribution in [2.45, 2.75) is 39.3 Å². The summed E-state index contributed by atoms with van der Waals surface area (Å²) < 4.78 is 1.84. The van der Waals surface area contributed by atoms with Gasteiger partial charge in [-0.1, -0.05) is 17.7 Å². The van der Waals surface area contributed by atoms with Gasteiger partial charge >= 0.3 is 0 Å². The van der Waals surface area contributed by atoms with E-state index in [1.54, 1.807) is 6.07 Å². The summed E-state index contributed by atoms with van der Waals surface area (Å²) in [7, 11) is 0. The third-order valence-corrected chi connectivity index (χ3v) is 3.59. The summed E-state index contributed by atoms with van der Waals surface area (Å²) in [5, 5.41) is 7.86. The van der Waals surface area contributed by atoms with Gasteiger partial charge in [-0.2, -0.15) is 5.10 Å². The first-order valence-electron chi connectivity index (χ1n) is 7.04. The zero-order valence-corrected chi connectivity index (χ0v) is 11.9. The van der Waals surface area contributed by atoms with E-state index >= 15 is 0 Å². The van der Waals surface area contributed by atoms with Gasteiger partial charge in [0.05, 0.1) is 5.69 Å². The number of aromatic nitrogens is 2. The molecule has 4 heteroatoms. The second-order valence-corrected chi connectivity index (χ2v) is 5.50. The molecule has 1 N–H and O–H groups in total. The molecule has 1 aliphatic rings. The molecule has 1 aromatic carbocycles. The Kier molecular flexibility index (Phi) is 3.40. The first-order valence-corrected chi connectivity index (χ1v) is 7.04. The minimum absolute atomic E-state index is 0.0130. The van der Waals surface area contributed by atoms with Gasteiger partial charge in [0.2, 0.25) is 5.43 Å². The van der Waals surface area contributed by atoms with E-state index in [4.69, 9.17) is 0 Å². The highest BCUT2D eigenvalue weighted by atomic mass is 16.1. The van der Waals surface area contributed by atoms with Crippen molar-refractivity contribution >= 4 is 0 Å². The zero-order valence-electron chi connectivity index (χ0n) is 11.9. The van der Waals surface area contributed by atoms with Crippen LogP contribution in [0, 0.1) is 13.8 Å². The van der Waals surface area contributed by atoms with Crippen LogP contribution in [0.3, 0.4) is 0 Å². The van der Waals surface area contributed by atoms with E-state index in [1.165, 1.54) is 18.4 Å². The van der Waals surface area contributed by atoms with Crippen molar-refractivity contribution < 1.29 is 0 Å². The first kappa shape index (κ1) is 13.1. The third kappa shape index (κ3) is 2.80. The Balaban J connectivity index is 1.94. The van der Waals surface area contributed by atoms with E-state index in [0.717, 1.165) is 11.4 Å². The van der Waals surface area contributed by atoms with E-state index in [2.05, 4.69) is 29.5 Å². The Bertz CT molecular complexity index is 669. The highest BCUT2D eigenvalue weighted by Gasteiger charge is 2.21. The van der Waals surface area contributed by atoms with Gasteiger partial charge in [-0.15, -0.1) is 0 Å². The molecule has 0 bridgehead atoms. The van der Waals surface area contributed by atoms with Crippen LogP contribution in [0.1, 0.15) is 29.8 Å². The Hall–Kier alpha value is -1.94. The Morgan fingerprint density at radius 3 is 2.60 bits per heavy atom. The van der Waals surface area contributed by atoms with Crippen molar-refractivity contribution in [3.05, 3.63) is 57.5 Å². The van der Waals surface area contributed by atoms with Gasteiger partial charge < -0.3 is 5.32 Å². The average molecular weight is 269 g/mol. The molecular formula is C16H19N3O. The van der Waals surface area contributed by atoms with E-state index in [1.807, 2.05) is 23.7 Å². The van der Waals surface area contributed by atoms with Crippen molar-refractivity contribution in [3.63, 3.8) is 0 Å². The van der Waals surface area contributed by atoms with Crippen LogP contribution < -0.4 is 10.7 Å². The molecule has 0 spiro atoms. The molecule has 1 heterocycles. The van der Waals surface area contributed by atoms with Crippen LogP contribution in [0.4, 0.5) is 0 Å². The lowest BCUT2D eigenvalue weighted by molar-refractivity contribution is 0.642. The van der Waals surface area contributed by atoms with Crippen molar-refractivity contribution in [1.82, 2.24) is 15.1 Å². The van der Waals surface area contributed by atoms with Gasteiger partial charge in [0, 0.05) is 24.3 Å². The number of hydrogen-bond acceptors (Lipinski definition) is 3. The molecule has 2 aromatic rings. The standard InChI is InChI=1S/C16H19N3O/c1-11-3-7-14(8-4-11)19-12(2)9-16(20)15(18-19)10-17-13-5-6-13/h3-4,7-9,13,17H,5-6,10H2,1-2H3. The van der Waals surface area contributed by atoms with Gasteiger partial charge in [0.1, 0.15) is 5.69 Å². The third-order valence-electron chi connectivity index (χ3n) is 3.59. The minimum atomic E-state index is 0.0130. The van der Waals surface area contributed by atoms with Crippen LogP contribution in [0.15, 0.2) is 35.1 Å². The fourth-order valence-electron chi connectivity index (χ4n) is 2.18. The number of nitrogens with one attached hydrogen (secondary N) is 1. The first-order chi connectivity index (χ1) is 9.63. The van der Waals surface area contributed by atoms with Crippen LogP contribution in [0.5, 0.6) is 0 Å². The highest BCUT2D eigenvalue weighted by Crippen LogP contribution is 2.18. The largest absolute Gasteiger partial charge is 0.308 e. The second-order valence-electron chi connectivity index (χ2n) is 5.50. The lowest BCUT2D eigenvalue weighted by atomic mass is 10.2. The summed E-state index contributed by atoms with van der Waals surface area (Å²) in [6.45, 7) is 4.52. The SMILES string of the molecule is Cc1ccc(-n2nc(CNC3CC3)c(=O)cc2C)cc1. The molecule has 1 fully saturated rings. The Morgan fingerprint density at radius 2 is 1.95 bits per heavy atom. The lowest BCUT2D eigenvalue weighted by Crippen LogP contribution is -2.25. The fraction of sp³-hybridized carbons (Fsp3) is 0.375. The maximum Gasteiger partial charge on any atom is 0.204 e. The predicted molar refractivity (Wildman–Crippen MR) is 79.2 cm³/mol. The molecule has 104 valence electrons. The molecule has 3 rings (SSSR count). The van der Waals surface area contributed by atoms with Crippen molar-refractivity contribution in [3.8, 4) is 5.69 Å². The van der Waals surface area contributed by atoms with Gasteiger partial charge in [0.25, 0.3) is 0 Å². The highest BCUT2D eigenvalue weighted by molar-refractivity contribution is 5.35. The zero-order chi connectivity index (χ0) is 14.1. The van der Waals surface area contributed by atoms with Crippen LogP contribution >= 0.6 is 0 Å². The van der Waals surface area contributed by atoms with Crippen LogP contribution in [-0.4, -0.2) is 15.8 Å². The molecule has 1 saturated carbocycles. The number of nitrogens with zero attached hydrogens (tertiary/aromatic N) is 2. The summed E-state index contributed by atoms with van der Waals surface area (Å²) in [4.78, 5) is 12.0. The van der Waals surface area contributed by atoms with Crippen LogP contribution in [0.2, 0.25) is 0 Å². The lowest BCUT2D eigenvalue weighted by Gasteiger charge is -2.11. The fourth-order valence-corrected chi connectivity index (χ4v) is 2.18. The average Bonchev–Trinajstić information content (AvgIpc) is 3.23. The summed E-state index contributed by atoms with van der Waals surface area (Å²) in [5.41, 5.74) is 3.65. The smallest absolute Gasteiger partial charge is 0.204 e. The Labute approximate surface area is 118 Å². The van der Waals surface area contributed by atoms with Crippen LogP contribution in [-0.2, 0) is 6.54 Å². The maximum atomic E-state index is 12.0. The Morgan fingerprint density at radius 1 is 1.25 bits per heavy atom.